The number of carbonyl (C=O) groups excluding carboxylic acids is 1. The second kappa shape index (κ2) is 7.13. The van der Waals surface area contributed by atoms with E-state index >= 15 is 0 Å². The number of rotatable bonds is 2. The standard InChI is InChI=1S/C24H20N2OS/c27-24(25-21-12-6-10-17-7-4-5-11-19(17)21)26-15-13-22-20(14-16-28-22)23(26)18-8-2-1-3-9-18/h1-12,14,16,23H,13,15H2,(H,25,27). The van der Waals surface area contributed by atoms with Crippen LogP contribution in [0.2, 0.25) is 0 Å². The molecule has 1 N–H and O–H groups in total. The number of benzene rings is 3. The molecule has 0 spiro atoms. The average Bonchev–Trinajstić information content (AvgIpc) is 3.23. The second-order valence-corrected chi connectivity index (χ2v) is 8.01. The predicted molar refractivity (Wildman–Crippen MR) is 116 cm³/mol. The quantitative estimate of drug-likeness (QED) is 0.446. The van der Waals surface area contributed by atoms with Gasteiger partial charge in [0.2, 0.25) is 0 Å². The smallest absolute Gasteiger partial charge is 0.313 e. The van der Waals surface area contributed by atoms with Crippen molar-refractivity contribution in [2.75, 3.05) is 11.9 Å². The molecule has 0 saturated carbocycles. The summed E-state index contributed by atoms with van der Waals surface area (Å²) in [5.41, 5.74) is 3.25. The van der Waals surface area contributed by atoms with Crippen LogP contribution in [0.4, 0.5) is 10.5 Å². The minimum Gasteiger partial charge on any atom is -0.313 e. The van der Waals surface area contributed by atoms with Crippen LogP contribution in [-0.2, 0) is 6.42 Å². The van der Waals surface area contributed by atoms with Crippen LogP contribution >= 0.6 is 11.3 Å². The molecule has 0 radical (unpaired) electrons. The zero-order valence-corrected chi connectivity index (χ0v) is 16.2. The zero-order valence-electron chi connectivity index (χ0n) is 15.3. The van der Waals surface area contributed by atoms with Crippen molar-refractivity contribution < 1.29 is 4.79 Å². The molecule has 4 aromatic rings. The van der Waals surface area contributed by atoms with E-state index in [0.717, 1.165) is 28.4 Å². The molecule has 0 fully saturated rings. The van der Waals surface area contributed by atoms with Crippen LogP contribution in [0.5, 0.6) is 0 Å². The fourth-order valence-corrected chi connectivity index (χ4v) is 4.96. The number of carbonyl (C=O) groups is 1. The Balaban J connectivity index is 1.51. The van der Waals surface area contributed by atoms with E-state index in [9.17, 15) is 4.79 Å². The van der Waals surface area contributed by atoms with Crippen molar-refractivity contribution in [2.45, 2.75) is 12.5 Å². The molecule has 1 aliphatic heterocycles. The summed E-state index contributed by atoms with van der Waals surface area (Å²) < 4.78 is 0. The van der Waals surface area contributed by atoms with Gasteiger partial charge in [-0.1, -0.05) is 66.7 Å². The number of anilines is 1. The molecule has 138 valence electrons. The van der Waals surface area contributed by atoms with E-state index < -0.39 is 0 Å². The number of fused-ring (bicyclic) bond motifs is 2. The molecule has 2 heterocycles. The van der Waals surface area contributed by atoms with Crippen LogP contribution < -0.4 is 5.32 Å². The summed E-state index contributed by atoms with van der Waals surface area (Å²) in [7, 11) is 0. The third-order valence-corrected chi connectivity index (χ3v) is 6.37. The van der Waals surface area contributed by atoms with Crippen molar-refractivity contribution in [2.24, 2.45) is 0 Å². The molecule has 0 bridgehead atoms. The minimum absolute atomic E-state index is 0.0498. The van der Waals surface area contributed by atoms with Gasteiger partial charge in [0.15, 0.2) is 0 Å². The first-order valence-electron chi connectivity index (χ1n) is 9.48. The predicted octanol–water partition coefficient (Wildman–Crippen LogP) is 6.08. The molecule has 3 aromatic carbocycles. The molecule has 1 aromatic heterocycles. The van der Waals surface area contributed by atoms with Gasteiger partial charge in [-0.2, -0.15) is 0 Å². The van der Waals surface area contributed by atoms with Crippen LogP contribution in [0.3, 0.4) is 0 Å². The Labute approximate surface area is 168 Å². The summed E-state index contributed by atoms with van der Waals surface area (Å²) in [6.07, 6.45) is 0.902. The van der Waals surface area contributed by atoms with Gasteiger partial charge in [0, 0.05) is 16.8 Å². The summed E-state index contributed by atoms with van der Waals surface area (Å²) in [4.78, 5) is 16.7. The van der Waals surface area contributed by atoms with E-state index in [2.05, 4.69) is 41.0 Å². The van der Waals surface area contributed by atoms with Crippen molar-refractivity contribution in [1.82, 2.24) is 4.90 Å². The molecule has 28 heavy (non-hydrogen) atoms. The lowest BCUT2D eigenvalue weighted by Gasteiger charge is -2.36. The molecular weight excluding hydrogens is 364 g/mol. The van der Waals surface area contributed by atoms with Crippen molar-refractivity contribution in [3.8, 4) is 0 Å². The number of nitrogens with one attached hydrogen (secondary N) is 1. The van der Waals surface area contributed by atoms with Gasteiger partial charge in [-0.05, 0) is 40.4 Å². The van der Waals surface area contributed by atoms with Gasteiger partial charge in [-0.3, -0.25) is 0 Å². The van der Waals surface area contributed by atoms with Gasteiger partial charge in [0.1, 0.15) is 0 Å². The third-order valence-electron chi connectivity index (χ3n) is 5.37. The first-order valence-corrected chi connectivity index (χ1v) is 10.4. The van der Waals surface area contributed by atoms with E-state index in [-0.39, 0.29) is 12.1 Å². The zero-order chi connectivity index (χ0) is 18.9. The van der Waals surface area contributed by atoms with Crippen molar-refractivity contribution >= 4 is 33.8 Å². The highest BCUT2D eigenvalue weighted by atomic mass is 32.1. The molecule has 5 rings (SSSR count). The van der Waals surface area contributed by atoms with E-state index in [1.54, 1.807) is 11.3 Å². The number of urea groups is 1. The van der Waals surface area contributed by atoms with Crippen LogP contribution in [0.1, 0.15) is 22.0 Å². The molecule has 1 aliphatic rings. The largest absolute Gasteiger partial charge is 0.322 e. The molecule has 2 amide bonds. The maximum atomic E-state index is 13.3. The summed E-state index contributed by atoms with van der Waals surface area (Å²) in [6.45, 7) is 0.712. The highest BCUT2D eigenvalue weighted by Crippen LogP contribution is 2.38. The van der Waals surface area contributed by atoms with Crippen molar-refractivity contribution in [3.05, 3.63) is 100 Å². The van der Waals surface area contributed by atoms with Crippen molar-refractivity contribution in [3.63, 3.8) is 0 Å². The van der Waals surface area contributed by atoms with Gasteiger partial charge < -0.3 is 10.2 Å². The number of thiophene rings is 1. The summed E-state index contributed by atoms with van der Waals surface area (Å²) >= 11 is 1.79. The number of amides is 2. The van der Waals surface area contributed by atoms with E-state index in [0.29, 0.717) is 6.54 Å². The number of nitrogens with zero attached hydrogens (tertiary/aromatic N) is 1. The normalized spacial score (nSPS) is 16.0. The van der Waals surface area contributed by atoms with E-state index in [1.165, 1.54) is 10.4 Å². The molecule has 1 atom stereocenters. The lowest BCUT2D eigenvalue weighted by atomic mass is 9.93. The highest BCUT2D eigenvalue weighted by molar-refractivity contribution is 7.10. The Kier molecular flexibility index (Phi) is 4.34. The third kappa shape index (κ3) is 2.96. The number of hydrogen-bond donors (Lipinski definition) is 1. The maximum absolute atomic E-state index is 13.3. The summed E-state index contributed by atoms with van der Waals surface area (Å²) in [5.74, 6) is 0. The van der Waals surface area contributed by atoms with Crippen LogP contribution in [0, 0.1) is 0 Å². The van der Waals surface area contributed by atoms with Gasteiger partial charge >= 0.3 is 6.03 Å². The number of hydrogen-bond acceptors (Lipinski definition) is 2. The Morgan fingerprint density at radius 1 is 0.929 bits per heavy atom. The van der Waals surface area contributed by atoms with Gasteiger partial charge in [0.25, 0.3) is 0 Å². The van der Waals surface area contributed by atoms with Crippen LogP contribution in [-0.4, -0.2) is 17.5 Å². The second-order valence-electron chi connectivity index (χ2n) is 7.01. The molecule has 1 unspecified atom stereocenters. The highest BCUT2D eigenvalue weighted by Gasteiger charge is 2.32. The first kappa shape index (κ1) is 17.0. The lowest BCUT2D eigenvalue weighted by Crippen LogP contribution is -2.42. The lowest BCUT2D eigenvalue weighted by molar-refractivity contribution is 0.194. The average molecular weight is 385 g/mol. The van der Waals surface area contributed by atoms with E-state index in [1.807, 2.05) is 53.4 Å². The van der Waals surface area contributed by atoms with Gasteiger partial charge in [0.05, 0.1) is 11.7 Å². The van der Waals surface area contributed by atoms with Crippen LogP contribution in [0.25, 0.3) is 10.8 Å². The van der Waals surface area contributed by atoms with Gasteiger partial charge in [-0.25, -0.2) is 4.79 Å². The Morgan fingerprint density at radius 3 is 2.61 bits per heavy atom. The first-order chi connectivity index (χ1) is 13.8. The maximum Gasteiger partial charge on any atom is 0.322 e. The van der Waals surface area contributed by atoms with E-state index in [4.69, 9.17) is 0 Å². The topological polar surface area (TPSA) is 32.3 Å². The fourth-order valence-electron chi connectivity index (χ4n) is 4.05. The van der Waals surface area contributed by atoms with Crippen LogP contribution in [0.15, 0.2) is 84.2 Å². The molecule has 0 aliphatic carbocycles. The minimum atomic E-state index is -0.0537. The molecule has 4 heteroatoms. The SMILES string of the molecule is O=C(Nc1cccc2ccccc12)N1CCc2sccc2C1c1ccccc1. The fraction of sp³-hybridized carbons (Fsp3) is 0.125. The van der Waals surface area contributed by atoms with Gasteiger partial charge in [-0.15, -0.1) is 11.3 Å². The summed E-state index contributed by atoms with van der Waals surface area (Å²) in [5, 5.41) is 7.48. The molecule has 3 nitrogen and oxygen atoms in total. The Morgan fingerprint density at radius 2 is 1.71 bits per heavy atom. The van der Waals surface area contributed by atoms with Crippen molar-refractivity contribution in [1.29, 1.82) is 0 Å². The Hall–Kier alpha value is -3.11. The molecule has 0 saturated heterocycles. The Bertz CT molecular complexity index is 1130. The molecular formula is C24H20N2OS. The monoisotopic (exact) mass is 384 g/mol. The summed E-state index contributed by atoms with van der Waals surface area (Å²) in [6, 6.07) is 26.5.